The minimum absolute atomic E-state index is 0.296. The Morgan fingerprint density at radius 3 is 2.72 bits per heavy atom. The molecule has 3 N–H and O–H groups in total. The highest BCUT2D eigenvalue weighted by atomic mass is 16.5. The lowest BCUT2D eigenvalue weighted by atomic mass is 10.1. The van der Waals surface area contributed by atoms with E-state index in [9.17, 15) is 4.79 Å². The summed E-state index contributed by atoms with van der Waals surface area (Å²) in [5, 5.41) is 8.24. The maximum Gasteiger partial charge on any atom is 0.247 e. The van der Waals surface area contributed by atoms with Crippen LogP contribution in [0.2, 0.25) is 0 Å². The summed E-state index contributed by atoms with van der Waals surface area (Å²) < 4.78 is 5.73. The van der Waals surface area contributed by atoms with Crippen molar-refractivity contribution >= 4 is 34.6 Å². The summed E-state index contributed by atoms with van der Waals surface area (Å²) >= 11 is 0. The first kappa shape index (κ1) is 27.9. The molecule has 2 heterocycles. The number of methoxy groups -OCH3 is 1. The molecule has 0 spiro atoms. The van der Waals surface area contributed by atoms with Crippen LogP contribution in [0.5, 0.6) is 5.75 Å². The van der Waals surface area contributed by atoms with E-state index in [-0.39, 0.29) is 5.91 Å². The molecule has 0 unspecified atom stereocenters. The van der Waals surface area contributed by atoms with Crippen molar-refractivity contribution < 1.29 is 9.53 Å². The molecule has 1 aliphatic rings. The van der Waals surface area contributed by atoms with Gasteiger partial charge in [-0.25, -0.2) is 15.4 Å². The number of ether oxygens (including phenoxy) is 1. The molecule has 2 aromatic carbocycles. The van der Waals surface area contributed by atoms with Crippen molar-refractivity contribution in [3.05, 3.63) is 60.8 Å². The van der Waals surface area contributed by atoms with Gasteiger partial charge in [0.05, 0.1) is 35.6 Å². The van der Waals surface area contributed by atoms with Gasteiger partial charge in [0.2, 0.25) is 11.9 Å². The van der Waals surface area contributed by atoms with Gasteiger partial charge in [0.15, 0.2) is 0 Å². The van der Waals surface area contributed by atoms with E-state index in [0.717, 1.165) is 42.3 Å². The first-order chi connectivity index (χ1) is 18.7. The number of hydrogen-bond donors (Lipinski definition) is 3. The standard InChI is InChI=1S/C29H38N8O2/c1-8-28(38)32-23-16-24(27(39-7)17-26(23)36(5)14-13-35(4)19(2)3)34-29-30-12-11-22(33-29)20-9-10-25-21(15-20)18-31-37(25)6/h8-12,15-17,19,31H,1,13-14,18H2,2-7H3,(H,32,38)(H,30,33,34). The summed E-state index contributed by atoms with van der Waals surface area (Å²) in [5.41, 5.74) is 9.57. The van der Waals surface area contributed by atoms with E-state index in [1.54, 1.807) is 13.3 Å². The van der Waals surface area contributed by atoms with Gasteiger partial charge in [-0.15, -0.1) is 0 Å². The zero-order valence-corrected chi connectivity index (χ0v) is 23.6. The van der Waals surface area contributed by atoms with E-state index in [2.05, 4.69) is 76.5 Å². The van der Waals surface area contributed by atoms with Crippen molar-refractivity contribution in [2.75, 3.05) is 61.9 Å². The number of carbonyl (C=O) groups is 1. The van der Waals surface area contributed by atoms with Gasteiger partial charge in [0, 0.05) is 57.6 Å². The SMILES string of the molecule is C=CC(=O)Nc1cc(Nc2nccc(-c3ccc4c(c3)CNN4C)n2)c(OC)cc1N(C)CCN(C)C(C)C. The maximum atomic E-state index is 12.3. The number of likely N-dealkylation sites (N-methyl/N-ethyl adjacent to an activating group) is 2. The molecule has 0 atom stereocenters. The average molecular weight is 531 g/mol. The number of nitrogens with zero attached hydrogens (tertiary/aromatic N) is 5. The molecule has 10 nitrogen and oxygen atoms in total. The number of hydrogen-bond acceptors (Lipinski definition) is 9. The molecule has 0 saturated carbocycles. The van der Waals surface area contributed by atoms with Crippen molar-refractivity contribution in [1.82, 2.24) is 20.3 Å². The van der Waals surface area contributed by atoms with Crippen molar-refractivity contribution in [1.29, 1.82) is 0 Å². The third kappa shape index (κ3) is 6.47. The predicted molar refractivity (Wildman–Crippen MR) is 159 cm³/mol. The van der Waals surface area contributed by atoms with Crippen LogP contribution in [0.1, 0.15) is 19.4 Å². The van der Waals surface area contributed by atoms with Gasteiger partial charge in [-0.05, 0) is 56.8 Å². The van der Waals surface area contributed by atoms with Crippen LogP contribution in [-0.4, -0.2) is 68.2 Å². The summed E-state index contributed by atoms with van der Waals surface area (Å²) in [6, 6.07) is 12.4. The number of amides is 1. The van der Waals surface area contributed by atoms with E-state index >= 15 is 0 Å². The number of benzene rings is 2. The number of anilines is 5. The highest BCUT2D eigenvalue weighted by Gasteiger charge is 2.18. The van der Waals surface area contributed by atoms with Gasteiger partial charge in [0.25, 0.3) is 0 Å². The lowest BCUT2D eigenvalue weighted by Crippen LogP contribution is -2.35. The zero-order chi connectivity index (χ0) is 28.1. The summed E-state index contributed by atoms with van der Waals surface area (Å²) in [4.78, 5) is 25.9. The predicted octanol–water partition coefficient (Wildman–Crippen LogP) is 4.25. The van der Waals surface area contributed by atoms with Crippen LogP contribution >= 0.6 is 0 Å². The van der Waals surface area contributed by atoms with E-state index in [4.69, 9.17) is 9.72 Å². The molecule has 3 aromatic rings. The number of nitrogens with one attached hydrogen (secondary N) is 3. The van der Waals surface area contributed by atoms with Gasteiger partial charge in [-0.2, -0.15) is 0 Å². The average Bonchev–Trinajstić information content (AvgIpc) is 3.31. The van der Waals surface area contributed by atoms with E-state index in [1.165, 1.54) is 11.6 Å². The molecule has 1 amide bonds. The molecule has 0 bridgehead atoms. The molecule has 10 heteroatoms. The van der Waals surface area contributed by atoms with Crippen LogP contribution < -0.4 is 30.7 Å². The summed E-state index contributed by atoms with van der Waals surface area (Å²) in [7, 11) is 7.71. The van der Waals surface area contributed by atoms with Crippen LogP contribution in [0.4, 0.5) is 28.7 Å². The highest BCUT2D eigenvalue weighted by Crippen LogP contribution is 2.38. The number of hydrazine groups is 1. The fourth-order valence-corrected chi connectivity index (χ4v) is 4.32. The number of aromatic nitrogens is 2. The molecule has 0 aliphatic carbocycles. The lowest BCUT2D eigenvalue weighted by molar-refractivity contribution is -0.111. The Kier molecular flexibility index (Phi) is 8.68. The molecule has 0 saturated heterocycles. The second-order valence-corrected chi connectivity index (χ2v) is 9.89. The van der Waals surface area contributed by atoms with Gasteiger partial charge in [-0.1, -0.05) is 12.6 Å². The van der Waals surface area contributed by atoms with Crippen molar-refractivity contribution in [3.8, 4) is 17.0 Å². The summed E-state index contributed by atoms with van der Waals surface area (Å²) in [6.45, 7) is 10.3. The number of fused-ring (bicyclic) bond motifs is 1. The molecule has 0 fully saturated rings. The topological polar surface area (TPSA) is 97.9 Å². The number of rotatable bonds is 11. The van der Waals surface area contributed by atoms with Crippen molar-refractivity contribution in [2.45, 2.75) is 26.4 Å². The molecule has 206 valence electrons. The highest BCUT2D eigenvalue weighted by molar-refractivity contribution is 6.02. The van der Waals surface area contributed by atoms with Gasteiger partial charge in [0.1, 0.15) is 5.75 Å². The van der Waals surface area contributed by atoms with Crippen LogP contribution in [0.15, 0.2) is 55.3 Å². The van der Waals surface area contributed by atoms with Crippen molar-refractivity contribution in [2.24, 2.45) is 0 Å². The summed E-state index contributed by atoms with van der Waals surface area (Å²) in [5.74, 6) is 0.726. The molecule has 0 radical (unpaired) electrons. The normalized spacial score (nSPS) is 12.5. The monoisotopic (exact) mass is 530 g/mol. The van der Waals surface area contributed by atoms with Crippen LogP contribution in [-0.2, 0) is 11.3 Å². The minimum Gasteiger partial charge on any atom is -0.494 e. The third-order valence-corrected chi connectivity index (χ3v) is 6.99. The second kappa shape index (κ2) is 12.1. The zero-order valence-electron chi connectivity index (χ0n) is 23.6. The minimum atomic E-state index is -0.296. The quantitative estimate of drug-likeness (QED) is 0.314. The molecule has 39 heavy (non-hydrogen) atoms. The van der Waals surface area contributed by atoms with Gasteiger partial charge < -0.3 is 30.2 Å². The Morgan fingerprint density at radius 2 is 2.00 bits per heavy atom. The van der Waals surface area contributed by atoms with Crippen molar-refractivity contribution in [3.63, 3.8) is 0 Å². The van der Waals surface area contributed by atoms with Crippen LogP contribution in [0.25, 0.3) is 11.3 Å². The molecular formula is C29H38N8O2. The van der Waals surface area contributed by atoms with Crippen LogP contribution in [0, 0.1) is 0 Å². The first-order valence-electron chi connectivity index (χ1n) is 13.0. The molecule has 1 aromatic heterocycles. The number of carbonyl (C=O) groups excluding carboxylic acids is 1. The fourth-order valence-electron chi connectivity index (χ4n) is 4.32. The Balaban J connectivity index is 1.63. The Bertz CT molecular complexity index is 1340. The smallest absolute Gasteiger partial charge is 0.247 e. The van der Waals surface area contributed by atoms with E-state index < -0.39 is 0 Å². The van der Waals surface area contributed by atoms with Gasteiger partial charge in [-0.3, -0.25) is 4.79 Å². The van der Waals surface area contributed by atoms with E-state index in [0.29, 0.717) is 29.1 Å². The van der Waals surface area contributed by atoms with Gasteiger partial charge >= 0.3 is 0 Å². The van der Waals surface area contributed by atoms with E-state index in [1.807, 2.05) is 37.3 Å². The third-order valence-electron chi connectivity index (χ3n) is 6.99. The molecule has 4 rings (SSSR count). The Morgan fingerprint density at radius 1 is 1.21 bits per heavy atom. The second-order valence-electron chi connectivity index (χ2n) is 9.89. The Hall–Kier alpha value is -4.15. The molecular weight excluding hydrogens is 492 g/mol. The maximum absolute atomic E-state index is 12.3. The largest absolute Gasteiger partial charge is 0.494 e. The summed E-state index contributed by atoms with van der Waals surface area (Å²) in [6.07, 6.45) is 2.98. The Labute approximate surface area is 230 Å². The lowest BCUT2D eigenvalue weighted by Gasteiger charge is -2.28. The van der Waals surface area contributed by atoms with Crippen LogP contribution in [0.3, 0.4) is 0 Å². The fraction of sp³-hybridized carbons (Fsp3) is 0.345. The first-order valence-corrected chi connectivity index (χ1v) is 13.0. The molecule has 1 aliphatic heterocycles.